The number of sulfonamides is 1. The van der Waals surface area contributed by atoms with Crippen molar-refractivity contribution in [2.75, 3.05) is 31.1 Å². The third kappa shape index (κ3) is 3.13. The van der Waals surface area contributed by atoms with E-state index in [0.717, 1.165) is 32.1 Å². The molecule has 2 atom stereocenters. The summed E-state index contributed by atoms with van der Waals surface area (Å²) in [5.74, 6) is 0.386. The molecule has 1 saturated heterocycles. The lowest BCUT2D eigenvalue weighted by Crippen LogP contribution is -2.49. The first-order valence-corrected chi connectivity index (χ1v) is 11.0. The first kappa shape index (κ1) is 18.7. The molecule has 1 aliphatic carbocycles. The first-order valence-electron chi connectivity index (χ1n) is 9.57. The molecule has 3 aliphatic rings. The number of nitrogens with zero attached hydrogens (tertiary/aromatic N) is 2. The van der Waals surface area contributed by atoms with E-state index in [0.29, 0.717) is 37.7 Å². The number of hydrogen-bond donors (Lipinski definition) is 1. The van der Waals surface area contributed by atoms with Crippen molar-refractivity contribution in [2.45, 2.75) is 50.0 Å². The van der Waals surface area contributed by atoms with Crippen molar-refractivity contribution in [3.05, 3.63) is 18.2 Å². The number of aliphatic hydroxyl groups excluding tert-OH is 1. The van der Waals surface area contributed by atoms with Crippen molar-refractivity contribution < 1.29 is 23.1 Å². The van der Waals surface area contributed by atoms with E-state index in [1.165, 1.54) is 17.3 Å². The van der Waals surface area contributed by atoms with Crippen molar-refractivity contribution in [1.82, 2.24) is 4.31 Å². The van der Waals surface area contributed by atoms with Gasteiger partial charge in [0.1, 0.15) is 12.4 Å². The monoisotopic (exact) mass is 394 g/mol. The van der Waals surface area contributed by atoms with Gasteiger partial charge in [0, 0.05) is 25.4 Å². The summed E-state index contributed by atoms with van der Waals surface area (Å²) in [7, 11) is -3.70. The van der Waals surface area contributed by atoms with E-state index in [4.69, 9.17) is 4.74 Å². The Morgan fingerprint density at radius 3 is 2.74 bits per heavy atom. The molecule has 4 rings (SSSR count). The fourth-order valence-corrected chi connectivity index (χ4v) is 6.35. The molecule has 2 heterocycles. The van der Waals surface area contributed by atoms with E-state index in [2.05, 4.69) is 0 Å². The van der Waals surface area contributed by atoms with Crippen LogP contribution in [0.25, 0.3) is 0 Å². The maximum atomic E-state index is 13.3. The Labute approximate surface area is 160 Å². The van der Waals surface area contributed by atoms with Crippen LogP contribution in [0.15, 0.2) is 23.1 Å². The minimum atomic E-state index is -3.70. The maximum absolute atomic E-state index is 13.3. The van der Waals surface area contributed by atoms with Gasteiger partial charge in [-0.2, -0.15) is 4.31 Å². The van der Waals surface area contributed by atoms with Crippen LogP contribution in [0.4, 0.5) is 5.69 Å². The van der Waals surface area contributed by atoms with E-state index in [1.54, 1.807) is 17.0 Å². The topological polar surface area (TPSA) is 87.2 Å². The second kappa shape index (κ2) is 6.76. The molecule has 1 spiro atoms. The van der Waals surface area contributed by atoms with Gasteiger partial charge in [-0.1, -0.05) is 6.42 Å². The van der Waals surface area contributed by atoms with Gasteiger partial charge in [0.05, 0.1) is 23.2 Å². The lowest BCUT2D eigenvalue weighted by Gasteiger charge is -2.42. The lowest BCUT2D eigenvalue weighted by molar-refractivity contribution is -0.116. The van der Waals surface area contributed by atoms with Gasteiger partial charge in [0.15, 0.2) is 0 Å². The van der Waals surface area contributed by atoms with E-state index in [1.807, 2.05) is 0 Å². The molecular formula is C19H26N2O5S. The summed E-state index contributed by atoms with van der Waals surface area (Å²) in [5.41, 5.74) is 0.191. The van der Waals surface area contributed by atoms with Gasteiger partial charge in [-0.15, -0.1) is 0 Å². The SMILES string of the molecule is CC(=O)N1CCOc2ccc(S(=O)(=O)N3CCC[C@@]4(CCC[C@H]4O)C3)cc21. The Morgan fingerprint density at radius 1 is 1.26 bits per heavy atom. The van der Waals surface area contributed by atoms with Crippen molar-refractivity contribution >= 4 is 21.6 Å². The van der Waals surface area contributed by atoms with Gasteiger partial charge >= 0.3 is 0 Å². The smallest absolute Gasteiger partial charge is 0.243 e. The number of aliphatic hydroxyl groups is 1. The molecule has 1 aromatic carbocycles. The minimum absolute atomic E-state index is 0.139. The zero-order valence-electron chi connectivity index (χ0n) is 15.6. The van der Waals surface area contributed by atoms with Gasteiger partial charge in [-0.3, -0.25) is 4.79 Å². The highest BCUT2D eigenvalue weighted by atomic mass is 32.2. The molecule has 1 N–H and O–H groups in total. The Bertz CT molecular complexity index is 856. The highest BCUT2D eigenvalue weighted by Gasteiger charge is 2.47. The van der Waals surface area contributed by atoms with Crippen LogP contribution >= 0.6 is 0 Å². The standard InChI is InChI=1S/C19H26N2O5S/c1-14(22)21-10-11-26-17-6-5-15(12-16(17)21)27(24,25)20-9-3-8-19(13-20)7-2-4-18(19)23/h5-6,12,18,23H,2-4,7-11,13H2,1H3/t18-,19+/m1/s1. The number of carbonyl (C=O) groups excluding carboxylic acids is 1. The number of rotatable bonds is 2. The average molecular weight is 394 g/mol. The quantitative estimate of drug-likeness (QED) is 0.826. The van der Waals surface area contributed by atoms with E-state index >= 15 is 0 Å². The summed E-state index contributed by atoms with van der Waals surface area (Å²) < 4.78 is 33.7. The number of hydrogen-bond acceptors (Lipinski definition) is 5. The normalized spacial score (nSPS) is 28.8. The Balaban J connectivity index is 1.66. The Kier molecular flexibility index (Phi) is 4.68. The molecule has 1 saturated carbocycles. The predicted octanol–water partition coefficient (Wildman–Crippen LogP) is 1.75. The largest absolute Gasteiger partial charge is 0.490 e. The van der Waals surface area contributed by atoms with E-state index in [-0.39, 0.29) is 16.2 Å². The average Bonchev–Trinajstić information content (AvgIpc) is 3.00. The highest BCUT2D eigenvalue weighted by Crippen LogP contribution is 2.46. The molecule has 7 nitrogen and oxygen atoms in total. The van der Waals surface area contributed by atoms with Crippen LogP contribution in [0.3, 0.4) is 0 Å². The van der Waals surface area contributed by atoms with Gasteiger partial charge in [0.2, 0.25) is 15.9 Å². The predicted molar refractivity (Wildman–Crippen MR) is 100 cm³/mol. The molecular weight excluding hydrogens is 368 g/mol. The Hall–Kier alpha value is -1.64. The van der Waals surface area contributed by atoms with Crippen molar-refractivity contribution in [2.24, 2.45) is 5.41 Å². The number of anilines is 1. The molecule has 27 heavy (non-hydrogen) atoms. The van der Waals surface area contributed by atoms with Gasteiger partial charge in [-0.25, -0.2) is 8.42 Å². The van der Waals surface area contributed by atoms with Crippen LogP contribution in [0.1, 0.15) is 39.0 Å². The summed E-state index contributed by atoms with van der Waals surface area (Å²) in [6.07, 6.45) is 3.76. The fraction of sp³-hybridized carbons (Fsp3) is 0.632. The molecule has 148 valence electrons. The van der Waals surface area contributed by atoms with Crippen molar-refractivity contribution in [3.8, 4) is 5.75 Å². The molecule has 2 fully saturated rings. The van der Waals surface area contributed by atoms with Crippen LogP contribution in [0, 0.1) is 5.41 Å². The van der Waals surface area contributed by atoms with Crippen LogP contribution in [-0.2, 0) is 14.8 Å². The minimum Gasteiger partial charge on any atom is -0.490 e. The van der Waals surface area contributed by atoms with Crippen molar-refractivity contribution in [3.63, 3.8) is 0 Å². The van der Waals surface area contributed by atoms with Crippen LogP contribution in [-0.4, -0.2) is 56.1 Å². The van der Waals surface area contributed by atoms with Crippen LogP contribution in [0.2, 0.25) is 0 Å². The number of ether oxygens (including phenoxy) is 1. The summed E-state index contributed by atoms with van der Waals surface area (Å²) >= 11 is 0. The maximum Gasteiger partial charge on any atom is 0.243 e. The summed E-state index contributed by atoms with van der Waals surface area (Å²) in [5, 5.41) is 10.4. The second-order valence-corrected chi connectivity index (χ2v) is 9.80. The van der Waals surface area contributed by atoms with Gasteiger partial charge < -0.3 is 14.7 Å². The molecule has 2 aliphatic heterocycles. The van der Waals surface area contributed by atoms with Crippen molar-refractivity contribution in [1.29, 1.82) is 0 Å². The second-order valence-electron chi connectivity index (χ2n) is 7.86. The molecule has 8 heteroatoms. The molecule has 1 aromatic rings. The third-order valence-corrected chi connectivity index (χ3v) is 8.09. The molecule has 0 bridgehead atoms. The number of amides is 1. The molecule has 0 radical (unpaired) electrons. The summed E-state index contributed by atoms with van der Waals surface area (Å²) in [6.45, 7) is 3.09. The molecule has 0 aromatic heterocycles. The fourth-order valence-electron chi connectivity index (χ4n) is 4.75. The molecule has 0 unspecified atom stereocenters. The van der Waals surface area contributed by atoms with Crippen LogP contribution < -0.4 is 9.64 Å². The number of carbonyl (C=O) groups is 1. The lowest BCUT2D eigenvalue weighted by atomic mass is 9.77. The van der Waals surface area contributed by atoms with E-state index in [9.17, 15) is 18.3 Å². The highest BCUT2D eigenvalue weighted by molar-refractivity contribution is 7.89. The summed E-state index contributed by atoms with van der Waals surface area (Å²) in [4.78, 5) is 13.6. The van der Waals surface area contributed by atoms with E-state index < -0.39 is 16.1 Å². The number of piperidine rings is 1. The molecule has 1 amide bonds. The van der Waals surface area contributed by atoms with Gasteiger partial charge in [0.25, 0.3) is 0 Å². The number of fused-ring (bicyclic) bond motifs is 1. The van der Waals surface area contributed by atoms with Gasteiger partial charge in [-0.05, 0) is 43.9 Å². The summed E-state index contributed by atoms with van der Waals surface area (Å²) in [6, 6.07) is 4.71. The zero-order chi connectivity index (χ0) is 19.2. The van der Waals surface area contributed by atoms with Crippen LogP contribution in [0.5, 0.6) is 5.75 Å². The Morgan fingerprint density at radius 2 is 2.04 bits per heavy atom. The first-order chi connectivity index (χ1) is 12.8. The number of benzene rings is 1. The third-order valence-electron chi connectivity index (χ3n) is 6.24. The zero-order valence-corrected chi connectivity index (χ0v) is 16.4.